The van der Waals surface area contributed by atoms with Gasteiger partial charge in [-0.25, -0.2) is 14.2 Å². The molecular formula is C19H23N7O2. The molecule has 3 aromatic heterocycles. The third-order valence-electron chi connectivity index (χ3n) is 5.12. The van der Waals surface area contributed by atoms with Gasteiger partial charge >= 0.3 is 0 Å². The van der Waals surface area contributed by atoms with Crippen molar-refractivity contribution in [2.45, 2.75) is 20.3 Å². The highest BCUT2D eigenvalue weighted by molar-refractivity contribution is 5.92. The highest BCUT2D eigenvalue weighted by Gasteiger charge is 2.24. The average molecular weight is 381 g/mol. The molecule has 0 spiro atoms. The smallest absolute Gasteiger partial charge is 0.270 e. The molecule has 1 amide bonds. The Labute approximate surface area is 162 Å². The fourth-order valence-electron chi connectivity index (χ4n) is 3.55. The number of rotatable bonds is 4. The fourth-order valence-corrected chi connectivity index (χ4v) is 3.55. The van der Waals surface area contributed by atoms with Crippen molar-refractivity contribution in [3.63, 3.8) is 0 Å². The van der Waals surface area contributed by atoms with Crippen molar-refractivity contribution < 1.29 is 4.79 Å². The lowest BCUT2D eigenvalue weighted by molar-refractivity contribution is 0.0943. The number of carbonyl (C=O) groups is 1. The predicted molar refractivity (Wildman–Crippen MR) is 105 cm³/mol. The fraction of sp³-hybridized carbons (Fsp3) is 0.421. The number of nitrogens with one attached hydrogen (secondary N) is 1. The zero-order valence-corrected chi connectivity index (χ0v) is 16.2. The van der Waals surface area contributed by atoms with Crippen LogP contribution in [0.3, 0.4) is 0 Å². The molecule has 0 aliphatic carbocycles. The molecule has 0 bridgehead atoms. The quantitative estimate of drug-likeness (QED) is 0.714. The van der Waals surface area contributed by atoms with Gasteiger partial charge in [-0.15, -0.1) is 0 Å². The van der Waals surface area contributed by atoms with E-state index in [-0.39, 0.29) is 11.5 Å². The number of aryl methyl sites for hydroxylation is 3. The molecule has 0 saturated carbocycles. The number of carbonyl (C=O) groups excluding carboxylic acids is 1. The largest absolute Gasteiger partial charge is 0.370 e. The van der Waals surface area contributed by atoms with E-state index in [0.717, 1.165) is 36.6 Å². The molecule has 1 aliphatic heterocycles. The monoisotopic (exact) mass is 381 g/mol. The van der Waals surface area contributed by atoms with Gasteiger partial charge in [0.1, 0.15) is 5.69 Å². The Morgan fingerprint density at radius 1 is 1.29 bits per heavy atom. The number of fused-ring (bicyclic) bond motifs is 1. The summed E-state index contributed by atoms with van der Waals surface area (Å²) >= 11 is 0. The van der Waals surface area contributed by atoms with Crippen LogP contribution in [0.1, 0.15) is 28.3 Å². The molecular weight excluding hydrogens is 358 g/mol. The van der Waals surface area contributed by atoms with E-state index in [9.17, 15) is 9.59 Å². The van der Waals surface area contributed by atoms with E-state index in [1.54, 1.807) is 29.9 Å². The third-order valence-corrected chi connectivity index (χ3v) is 5.12. The van der Waals surface area contributed by atoms with E-state index in [2.05, 4.69) is 25.4 Å². The van der Waals surface area contributed by atoms with Gasteiger partial charge in [-0.1, -0.05) is 0 Å². The highest BCUT2D eigenvalue weighted by atomic mass is 16.2. The first-order chi connectivity index (χ1) is 13.4. The summed E-state index contributed by atoms with van der Waals surface area (Å²) in [5.74, 6) is 0.133. The lowest BCUT2D eigenvalue weighted by Crippen LogP contribution is -2.32. The molecule has 28 heavy (non-hydrogen) atoms. The first kappa shape index (κ1) is 18.1. The van der Waals surface area contributed by atoms with E-state index < -0.39 is 0 Å². The SMILES string of the molecule is Cc1cc2nc(C(=O)NCC3CCN(c4cnn(C)c(=O)c4)C3)cc(C)n2n1. The standard InChI is InChI=1S/C19H23N7O2/c1-12-6-17-22-16(7-13(2)26(17)23-12)19(28)20-9-14-4-5-25(11-14)15-8-18(27)24(3)21-10-15/h6-8,10,14H,4-5,9,11H2,1-3H3,(H,20,28). The highest BCUT2D eigenvalue weighted by Crippen LogP contribution is 2.21. The van der Waals surface area contributed by atoms with Crippen LogP contribution >= 0.6 is 0 Å². The van der Waals surface area contributed by atoms with Crippen LogP contribution in [0.2, 0.25) is 0 Å². The lowest BCUT2D eigenvalue weighted by Gasteiger charge is -2.18. The molecule has 1 unspecified atom stereocenters. The molecule has 1 aliphatic rings. The van der Waals surface area contributed by atoms with Gasteiger partial charge in [-0.2, -0.15) is 10.2 Å². The Kier molecular flexibility index (Phi) is 4.58. The summed E-state index contributed by atoms with van der Waals surface area (Å²) in [5, 5.41) is 11.4. The molecule has 9 nitrogen and oxygen atoms in total. The molecule has 1 atom stereocenters. The normalized spacial score (nSPS) is 16.7. The Balaban J connectivity index is 1.39. The van der Waals surface area contributed by atoms with Gasteiger partial charge in [-0.05, 0) is 32.3 Å². The van der Waals surface area contributed by atoms with E-state index in [0.29, 0.717) is 23.8 Å². The molecule has 1 N–H and O–H groups in total. The van der Waals surface area contributed by atoms with Gasteiger partial charge in [0.05, 0.1) is 17.6 Å². The van der Waals surface area contributed by atoms with Crippen molar-refractivity contribution in [1.29, 1.82) is 0 Å². The summed E-state index contributed by atoms with van der Waals surface area (Å²) in [6.07, 6.45) is 2.65. The van der Waals surface area contributed by atoms with Gasteiger partial charge in [0, 0.05) is 44.5 Å². The van der Waals surface area contributed by atoms with Crippen LogP contribution in [-0.4, -0.2) is 49.9 Å². The van der Waals surface area contributed by atoms with Gasteiger partial charge in [0.2, 0.25) is 0 Å². The molecule has 4 heterocycles. The van der Waals surface area contributed by atoms with Crippen molar-refractivity contribution in [3.05, 3.63) is 51.8 Å². The maximum Gasteiger partial charge on any atom is 0.270 e. The number of hydrogen-bond acceptors (Lipinski definition) is 6. The number of nitrogens with zero attached hydrogens (tertiary/aromatic N) is 6. The predicted octanol–water partition coefficient (Wildman–Crippen LogP) is 0.696. The zero-order valence-electron chi connectivity index (χ0n) is 16.2. The summed E-state index contributed by atoms with van der Waals surface area (Å²) in [7, 11) is 1.63. The maximum absolute atomic E-state index is 12.6. The minimum Gasteiger partial charge on any atom is -0.370 e. The van der Waals surface area contributed by atoms with Crippen LogP contribution in [0.4, 0.5) is 5.69 Å². The van der Waals surface area contributed by atoms with Crippen LogP contribution in [0, 0.1) is 19.8 Å². The topological polar surface area (TPSA) is 97.4 Å². The van der Waals surface area contributed by atoms with Crippen molar-refractivity contribution in [2.75, 3.05) is 24.5 Å². The number of aromatic nitrogens is 5. The number of amides is 1. The molecule has 0 aromatic carbocycles. The zero-order chi connectivity index (χ0) is 19.8. The molecule has 9 heteroatoms. The molecule has 146 valence electrons. The van der Waals surface area contributed by atoms with Crippen molar-refractivity contribution in [2.24, 2.45) is 13.0 Å². The van der Waals surface area contributed by atoms with Crippen LogP contribution < -0.4 is 15.8 Å². The van der Waals surface area contributed by atoms with Gasteiger partial charge < -0.3 is 10.2 Å². The van der Waals surface area contributed by atoms with E-state index in [4.69, 9.17) is 0 Å². The molecule has 4 rings (SSSR count). The Bertz CT molecular complexity index is 1100. The van der Waals surface area contributed by atoms with Crippen LogP contribution in [0.15, 0.2) is 29.2 Å². The van der Waals surface area contributed by atoms with E-state index in [1.165, 1.54) is 4.68 Å². The molecule has 1 saturated heterocycles. The summed E-state index contributed by atoms with van der Waals surface area (Å²) in [6, 6.07) is 5.21. The Morgan fingerprint density at radius 3 is 2.89 bits per heavy atom. The first-order valence-corrected chi connectivity index (χ1v) is 9.31. The van der Waals surface area contributed by atoms with Crippen molar-refractivity contribution in [3.8, 4) is 0 Å². The van der Waals surface area contributed by atoms with Gasteiger partial charge in [0.25, 0.3) is 11.5 Å². The van der Waals surface area contributed by atoms with Gasteiger partial charge in [0.15, 0.2) is 5.65 Å². The Hall–Kier alpha value is -3.23. The second-order valence-corrected chi connectivity index (χ2v) is 7.32. The Morgan fingerprint density at radius 2 is 2.11 bits per heavy atom. The first-order valence-electron chi connectivity index (χ1n) is 9.31. The molecule has 1 fully saturated rings. The van der Waals surface area contributed by atoms with E-state index in [1.807, 2.05) is 19.9 Å². The second kappa shape index (κ2) is 7.06. The summed E-state index contributed by atoms with van der Waals surface area (Å²) in [6.45, 7) is 6.00. The van der Waals surface area contributed by atoms with Crippen LogP contribution in [-0.2, 0) is 7.05 Å². The number of hydrogen-bond donors (Lipinski definition) is 1. The maximum atomic E-state index is 12.6. The van der Waals surface area contributed by atoms with Gasteiger partial charge in [-0.3, -0.25) is 9.59 Å². The molecule has 3 aromatic rings. The molecule has 0 radical (unpaired) electrons. The second-order valence-electron chi connectivity index (χ2n) is 7.32. The van der Waals surface area contributed by atoms with Crippen LogP contribution in [0.25, 0.3) is 5.65 Å². The van der Waals surface area contributed by atoms with Crippen molar-refractivity contribution >= 4 is 17.2 Å². The number of anilines is 1. The third kappa shape index (κ3) is 3.47. The van der Waals surface area contributed by atoms with Crippen LogP contribution in [0.5, 0.6) is 0 Å². The minimum absolute atomic E-state index is 0.124. The minimum atomic E-state index is -0.182. The summed E-state index contributed by atoms with van der Waals surface area (Å²) in [5.41, 5.74) is 3.51. The van der Waals surface area contributed by atoms with E-state index >= 15 is 0 Å². The average Bonchev–Trinajstić information content (AvgIpc) is 3.28. The summed E-state index contributed by atoms with van der Waals surface area (Å²) < 4.78 is 3.05. The van der Waals surface area contributed by atoms with Crippen molar-refractivity contribution in [1.82, 2.24) is 29.7 Å². The lowest BCUT2D eigenvalue weighted by atomic mass is 10.1. The summed E-state index contributed by atoms with van der Waals surface area (Å²) in [4.78, 5) is 30.9.